The van der Waals surface area contributed by atoms with Crippen LogP contribution in [0.3, 0.4) is 0 Å². The molecule has 0 saturated carbocycles. The lowest BCUT2D eigenvalue weighted by molar-refractivity contribution is 0.565. The number of aryl methyl sites for hydroxylation is 1. The highest BCUT2D eigenvalue weighted by Gasteiger charge is 1.91. The van der Waals surface area contributed by atoms with Crippen molar-refractivity contribution in [3.05, 3.63) is 12.4 Å². The summed E-state index contributed by atoms with van der Waals surface area (Å²) in [7, 11) is 0. The molecule has 0 spiro atoms. The molecule has 4 heteroatoms. The predicted molar refractivity (Wildman–Crippen MR) is 35.7 cm³/mol. The number of nitrogens with zero attached hydrogens (tertiary/aromatic N) is 3. The number of isocyanates is 1. The van der Waals surface area contributed by atoms with Crippen LogP contribution in [-0.4, -0.2) is 15.9 Å². The molecular weight excluding hydrogens is 130 g/mol. The zero-order valence-electron chi connectivity index (χ0n) is 5.61. The van der Waals surface area contributed by atoms with Crippen LogP contribution in [0.4, 0.5) is 5.69 Å². The summed E-state index contributed by atoms with van der Waals surface area (Å²) in [4.78, 5) is 13.1. The normalized spacial score (nSPS) is 8.90. The summed E-state index contributed by atoms with van der Waals surface area (Å²) in [6, 6.07) is 0. The first-order valence-electron chi connectivity index (χ1n) is 2.97. The van der Waals surface area contributed by atoms with Crippen molar-refractivity contribution in [2.24, 2.45) is 4.99 Å². The largest absolute Gasteiger partial charge is 0.271 e. The van der Waals surface area contributed by atoms with Crippen LogP contribution in [-0.2, 0) is 11.3 Å². The highest BCUT2D eigenvalue weighted by Crippen LogP contribution is 2.06. The molecule has 0 unspecified atom stereocenters. The molecule has 1 rings (SSSR count). The van der Waals surface area contributed by atoms with E-state index in [1.54, 1.807) is 10.9 Å². The third-order valence-electron chi connectivity index (χ3n) is 1.12. The standard InChI is InChI=1S/C6H7N3O/c1-2-9-4-6(3-8-9)7-5-10/h3-4H,2H2,1H3. The molecule has 0 saturated heterocycles. The van der Waals surface area contributed by atoms with Crippen molar-refractivity contribution in [3.63, 3.8) is 0 Å². The summed E-state index contributed by atoms with van der Waals surface area (Å²) in [6.45, 7) is 2.75. The molecule has 4 nitrogen and oxygen atoms in total. The van der Waals surface area contributed by atoms with Gasteiger partial charge in [-0.25, -0.2) is 4.79 Å². The minimum absolute atomic E-state index is 0.553. The smallest absolute Gasteiger partial charge is 0.240 e. The molecule has 0 aliphatic rings. The van der Waals surface area contributed by atoms with Gasteiger partial charge in [-0.3, -0.25) is 4.68 Å². The van der Waals surface area contributed by atoms with Crippen LogP contribution >= 0.6 is 0 Å². The van der Waals surface area contributed by atoms with Gasteiger partial charge in [0.2, 0.25) is 6.08 Å². The second kappa shape index (κ2) is 2.94. The second-order valence-corrected chi connectivity index (χ2v) is 1.76. The van der Waals surface area contributed by atoms with Gasteiger partial charge < -0.3 is 0 Å². The molecule has 0 N–H and O–H groups in total. The van der Waals surface area contributed by atoms with E-state index in [0.717, 1.165) is 6.54 Å². The van der Waals surface area contributed by atoms with E-state index in [4.69, 9.17) is 0 Å². The van der Waals surface area contributed by atoms with Crippen LogP contribution in [0, 0.1) is 0 Å². The molecule has 0 bridgehead atoms. The monoisotopic (exact) mass is 137 g/mol. The molecule has 10 heavy (non-hydrogen) atoms. The fourth-order valence-corrected chi connectivity index (χ4v) is 0.636. The Morgan fingerprint density at radius 3 is 3.20 bits per heavy atom. The molecule has 1 heterocycles. The maximum Gasteiger partial charge on any atom is 0.240 e. The second-order valence-electron chi connectivity index (χ2n) is 1.76. The van der Waals surface area contributed by atoms with Gasteiger partial charge in [-0.2, -0.15) is 10.1 Å². The van der Waals surface area contributed by atoms with E-state index in [-0.39, 0.29) is 0 Å². The highest BCUT2D eigenvalue weighted by atomic mass is 16.1. The van der Waals surface area contributed by atoms with E-state index in [2.05, 4.69) is 10.1 Å². The number of rotatable bonds is 2. The van der Waals surface area contributed by atoms with E-state index in [9.17, 15) is 4.79 Å². The average Bonchev–Trinajstić information content (AvgIpc) is 2.37. The molecular formula is C6H7N3O. The molecule has 0 fully saturated rings. The van der Waals surface area contributed by atoms with Crippen LogP contribution in [0.25, 0.3) is 0 Å². The summed E-state index contributed by atoms with van der Waals surface area (Å²) in [5.41, 5.74) is 0.553. The van der Waals surface area contributed by atoms with Crippen molar-refractivity contribution in [1.82, 2.24) is 9.78 Å². The van der Waals surface area contributed by atoms with Gasteiger partial charge >= 0.3 is 0 Å². The first-order chi connectivity index (χ1) is 4.86. The summed E-state index contributed by atoms with van der Waals surface area (Å²) >= 11 is 0. The van der Waals surface area contributed by atoms with Gasteiger partial charge in [-0.15, -0.1) is 0 Å². The molecule has 1 aromatic heterocycles. The number of hydrogen-bond acceptors (Lipinski definition) is 3. The molecule has 0 aliphatic heterocycles. The van der Waals surface area contributed by atoms with Crippen LogP contribution in [0.1, 0.15) is 6.92 Å². The minimum atomic E-state index is 0.553. The fraction of sp³-hybridized carbons (Fsp3) is 0.333. The van der Waals surface area contributed by atoms with Crippen molar-refractivity contribution in [3.8, 4) is 0 Å². The Kier molecular flexibility index (Phi) is 1.97. The number of carbonyl (C=O) groups excluding carboxylic acids is 1. The molecule has 0 atom stereocenters. The van der Waals surface area contributed by atoms with Gasteiger partial charge in [0.1, 0.15) is 5.69 Å². The number of aromatic nitrogens is 2. The Morgan fingerprint density at radius 2 is 2.70 bits per heavy atom. The summed E-state index contributed by atoms with van der Waals surface area (Å²) in [5.74, 6) is 0. The maximum absolute atomic E-state index is 9.74. The Bertz CT molecular complexity index is 260. The number of hydrogen-bond donors (Lipinski definition) is 0. The Morgan fingerprint density at radius 1 is 1.90 bits per heavy atom. The lowest BCUT2D eigenvalue weighted by atomic mass is 10.6. The SMILES string of the molecule is CCn1cc(N=C=O)cn1. The topological polar surface area (TPSA) is 47.2 Å². The molecule has 0 amide bonds. The van der Waals surface area contributed by atoms with Crippen molar-refractivity contribution < 1.29 is 4.79 Å². The fourth-order valence-electron chi connectivity index (χ4n) is 0.636. The van der Waals surface area contributed by atoms with Crippen molar-refractivity contribution in [2.45, 2.75) is 13.5 Å². The minimum Gasteiger partial charge on any atom is -0.271 e. The van der Waals surface area contributed by atoms with Crippen LogP contribution in [0.2, 0.25) is 0 Å². The molecule has 0 aromatic carbocycles. The average molecular weight is 137 g/mol. The van der Waals surface area contributed by atoms with Crippen molar-refractivity contribution >= 4 is 11.8 Å². The third kappa shape index (κ3) is 1.30. The summed E-state index contributed by atoms with van der Waals surface area (Å²) < 4.78 is 1.69. The van der Waals surface area contributed by atoms with Crippen LogP contribution in [0.15, 0.2) is 17.4 Å². The molecule has 52 valence electrons. The lowest BCUT2D eigenvalue weighted by Crippen LogP contribution is -1.91. The lowest BCUT2D eigenvalue weighted by Gasteiger charge is -1.88. The van der Waals surface area contributed by atoms with E-state index in [0.29, 0.717) is 5.69 Å². The van der Waals surface area contributed by atoms with Gasteiger partial charge in [-0.05, 0) is 6.92 Å². The molecule has 0 aliphatic carbocycles. The molecule has 0 radical (unpaired) electrons. The van der Waals surface area contributed by atoms with Gasteiger partial charge in [0.15, 0.2) is 0 Å². The Labute approximate surface area is 58.2 Å². The van der Waals surface area contributed by atoms with Crippen LogP contribution in [0.5, 0.6) is 0 Å². The predicted octanol–water partition coefficient (Wildman–Crippen LogP) is 0.870. The maximum atomic E-state index is 9.74. The number of aliphatic imine (C=N–C) groups is 1. The van der Waals surface area contributed by atoms with E-state index in [1.165, 1.54) is 12.3 Å². The van der Waals surface area contributed by atoms with Gasteiger partial charge in [-0.1, -0.05) is 0 Å². The zero-order valence-corrected chi connectivity index (χ0v) is 5.61. The zero-order chi connectivity index (χ0) is 7.40. The van der Waals surface area contributed by atoms with Crippen molar-refractivity contribution in [2.75, 3.05) is 0 Å². The third-order valence-corrected chi connectivity index (χ3v) is 1.12. The van der Waals surface area contributed by atoms with E-state index in [1.807, 2.05) is 6.92 Å². The molecule has 1 aromatic rings. The first kappa shape index (κ1) is 6.71. The highest BCUT2D eigenvalue weighted by molar-refractivity contribution is 5.45. The van der Waals surface area contributed by atoms with Gasteiger partial charge in [0.05, 0.1) is 12.4 Å². The Hall–Kier alpha value is -1.41. The quantitative estimate of drug-likeness (QED) is 0.448. The van der Waals surface area contributed by atoms with Gasteiger partial charge in [0, 0.05) is 6.54 Å². The van der Waals surface area contributed by atoms with Crippen LogP contribution < -0.4 is 0 Å². The van der Waals surface area contributed by atoms with Crippen molar-refractivity contribution in [1.29, 1.82) is 0 Å². The van der Waals surface area contributed by atoms with Gasteiger partial charge in [0.25, 0.3) is 0 Å². The summed E-state index contributed by atoms with van der Waals surface area (Å²) in [5, 5.41) is 3.90. The van der Waals surface area contributed by atoms with E-state index < -0.39 is 0 Å². The summed E-state index contributed by atoms with van der Waals surface area (Å²) in [6.07, 6.45) is 4.65. The first-order valence-corrected chi connectivity index (χ1v) is 2.97. The van der Waals surface area contributed by atoms with E-state index >= 15 is 0 Å². The Balaban J connectivity index is 2.87.